The Bertz CT molecular complexity index is 319. The highest BCUT2D eigenvalue weighted by molar-refractivity contribution is 7.80. The van der Waals surface area contributed by atoms with Crippen molar-refractivity contribution in [2.45, 2.75) is 45.6 Å². The highest BCUT2D eigenvalue weighted by Crippen LogP contribution is 2.49. The summed E-state index contributed by atoms with van der Waals surface area (Å²) >= 11 is 5.04. The molecule has 0 spiro atoms. The van der Waals surface area contributed by atoms with Gasteiger partial charge in [-0.1, -0.05) is 26.1 Å². The monoisotopic (exact) mass is 240 g/mol. The van der Waals surface area contributed by atoms with Crippen LogP contribution in [-0.2, 0) is 4.79 Å². The summed E-state index contributed by atoms with van der Waals surface area (Å²) < 4.78 is 0. The summed E-state index contributed by atoms with van der Waals surface area (Å²) in [6.07, 6.45) is 3.99. The van der Waals surface area contributed by atoms with Gasteiger partial charge < -0.3 is 10.6 Å². The van der Waals surface area contributed by atoms with Gasteiger partial charge in [0.1, 0.15) is 0 Å². The highest BCUT2D eigenvalue weighted by Gasteiger charge is 2.56. The molecular formula is C12H20N2OS. The Morgan fingerprint density at radius 3 is 2.38 bits per heavy atom. The summed E-state index contributed by atoms with van der Waals surface area (Å²) in [4.78, 5) is 14.9. The Labute approximate surface area is 102 Å². The van der Waals surface area contributed by atoms with Gasteiger partial charge in [-0.3, -0.25) is 4.79 Å². The molecule has 0 aromatic heterocycles. The number of nitrogens with two attached hydrogens (primary N) is 1. The molecule has 2 fully saturated rings. The van der Waals surface area contributed by atoms with Gasteiger partial charge in [0.05, 0.1) is 10.4 Å². The Morgan fingerprint density at radius 2 is 2.06 bits per heavy atom. The third-order valence-electron chi connectivity index (χ3n) is 3.44. The van der Waals surface area contributed by atoms with Crippen LogP contribution >= 0.6 is 12.2 Å². The van der Waals surface area contributed by atoms with Crippen LogP contribution in [0.4, 0.5) is 0 Å². The minimum Gasteiger partial charge on any atom is -0.392 e. The van der Waals surface area contributed by atoms with Gasteiger partial charge in [0, 0.05) is 12.6 Å². The summed E-state index contributed by atoms with van der Waals surface area (Å²) in [6, 6.07) is 0.460. The van der Waals surface area contributed by atoms with E-state index in [4.69, 9.17) is 18.0 Å². The van der Waals surface area contributed by atoms with Crippen molar-refractivity contribution in [2.24, 2.45) is 17.1 Å². The third-order valence-corrected chi connectivity index (χ3v) is 3.83. The van der Waals surface area contributed by atoms with Gasteiger partial charge >= 0.3 is 0 Å². The summed E-state index contributed by atoms with van der Waals surface area (Å²) in [6.45, 7) is 5.12. The number of carbonyl (C=O) groups excluding carboxylic acids is 1. The molecule has 0 unspecified atom stereocenters. The van der Waals surface area contributed by atoms with Gasteiger partial charge in [-0.05, 0) is 31.6 Å². The quantitative estimate of drug-likeness (QED) is 0.744. The molecule has 90 valence electrons. The summed E-state index contributed by atoms with van der Waals surface area (Å²) in [5, 5.41) is 0. The molecule has 0 saturated heterocycles. The van der Waals surface area contributed by atoms with Crippen LogP contribution < -0.4 is 5.73 Å². The molecule has 0 aromatic rings. The minimum absolute atomic E-state index is 0.191. The van der Waals surface area contributed by atoms with Crippen LogP contribution in [0.5, 0.6) is 0 Å². The summed E-state index contributed by atoms with van der Waals surface area (Å²) in [5.74, 6) is 0.697. The van der Waals surface area contributed by atoms with Crippen molar-refractivity contribution in [3.8, 4) is 0 Å². The molecule has 16 heavy (non-hydrogen) atoms. The first-order valence-electron chi connectivity index (χ1n) is 6.08. The first-order valence-corrected chi connectivity index (χ1v) is 6.49. The number of nitrogens with zero attached hydrogens (tertiary/aromatic N) is 1. The molecule has 2 rings (SSSR count). The molecule has 4 heteroatoms. The topological polar surface area (TPSA) is 46.3 Å². The van der Waals surface area contributed by atoms with Crippen LogP contribution in [0.25, 0.3) is 0 Å². The molecule has 0 atom stereocenters. The minimum atomic E-state index is -0.465. The second-order valence-corrected chi connectivity index (χ2v) is 5.97. The van der Waals surface area contributed by atoms with Crippen molar-refractivity contribution < 1.29 is 4.79 Å². The SMILES string of the molecule is CC(C)CN(C(=O)C1(C(N)=S)CC1)C1CC1. The average Bonchev–Trinajstić information content (AvgIpc) is 3.00. The zero-order chi connectivity index (χ0) is 11.9. The molecule has 0 aliphatic heterocycles. The van der Waals surface area contributed by atoms with Crippen molar-refractivity contribution in [1.29, 1.82) is 0 Å². The van der Waals surface area contributed by atoms with Crippen LogP contribution in [0, 0.1) is 11.3 Å². The van der Waals surface area contributed by atoms with E-state index in [1.165, 1.54) is 0 Å². The first-order chi connectivity index (χ1) is 7.47. The normalized spacial score (nSPS) is 21.9. The van der Waals surface area contributed by atoms with Gasteiger partial charge in [0.15, 0.2) is 0 Å². The van der Waals surface area contributed by atoms with E-state index in [1.807, 2.05) is 4.90 Å². The fraction of sp³-hybridized carbons (Fsp3) is 0.833. The maximum Gasteiger partial charge on any atom is 0.235 e. The van der Waals surface area contributed by atoms with Crippen LogP contribution in [0.2, 0.25) is 0 Å². The smallest absolute Gasteiger partial charge is 0.235 e. The van der Waals surface area contributed by atoms with Gasteiger partial charge in [-0.15, -0.1) is 0 Å². The summed E-state index contributed by atoms with van der Waals surface area (Å²) in [5.41, 5.74) is 5.24. The molecular weight excluding hydrogens is 220 g/mol. The second kappa shape index (κ2) is 3.99. The van der Waals surface area contributed by atoms with Gasteiger partial charge in [0.2, 0.25) is 5.91 Å². The molecule has 2 aliphatic carbocycles. The van der Waals surface area contributed by atoms with Gasteiger partial charge in [-0.2, -0.15) is 0 Å². The van der Waals surface area contributed by atoms with Crippen molar-refractivity contribution in [3.63, 3.8) is 0 Å². The van der Waals surface area contributed by atoms with Crippen molar-refractivity contribution in [1.82, 2.24) is 4.90 Å². The summed E-state index contributed by atoms with van der Waals surface area (Å²) in [7, 11) is 0. The van der Waals surface area contributed by atoms with Gasteiger partial charge in [-0.25, -0.2) is 0 Å². The van der Waals surface area contributed by atoms with E-state index in [9.17, 15) is 4.79 Å². The predicted molar refractivity (Wildman–Crippen MR) is 68.0 cm³/mol. The Balaban J connectivity index is 2.08. The number of hydrogen-bond donors (Lipinski definition) is 1. The zero-order valence-corrected chi connectivity index (χ0v) is 10.8. The van der Waals surface area contributed by atoms with E-state index in [0.29, 0.717) is 16.9 Å². The number of amides is 1. The van der Waals surface area contributed by atoms with Crippen LogP contribution in [0.1, 0.15) is 39.5 Å². The van der Waals surface area contributed by atoms with E-state index < -0.39 is 5.41 Å². The van der Waals surface area contributed by atoms with E-state index in [0.717, 1.165) is 32.2 Å². The molecule has 1 amide bonds. The second-order valence-electron chi connectivity index (χ2n) is 5.53. The highest BCUT2D eigenvalue weighted by atomic mass is 32.1. The van der Waals surface area contributed by atoms with Gasteiger partial charge in [0.25, 0.3) is 0 Å². The zero-order valence-electron chi connectivity index (χ0n) is 10.0. The lowest BCUT2D eigenvalue weighted by Gasteiger charge is -2.28. The average molecular weight is 240 g/mol. The van der Waals surface area contributed by atoms with E-state index in [2.05, 4.69) is 13.8 Å². The number of rotatable bonds is 5. The molecule has 2 saturated carbocycles. The lowest BCUT2D eigenvalue weighted by atomic mass is 10.0. The van der Waals surface area contributed by atoms with Crippen LogP contribution in [-0.4, -0.2) is 28.4 Å². The number of carbonyl (C=O) groups is 1. The molecule has 2 N–H and O–H groups in total. The molecule has 2 aliphatic rings. The largest absolute Gasteiger partial charge is 0.392 e. The maximum absolute atomic E-state index is 12.4. The van der Waals surface area contributed by atoms with E-state index in [1.54, 1.807) is 0 Å². The molecule has 3 nitrogen and oxygen atoms in total. The molecule has 0 bridgehead atoms. The molecule has 0 heterocycles. The fourth-order valence-corrected chi connectivity index (χ4v) is 2.43. The lowest BCUT2D eigenvalue weighted by molar-refractivity contribution is -0.135. The number of hydrogen-bond acceptors (Lipinski definition) is 2. The Morgan fingerprint density at radius 1 is 1.50 bits per heavy atom. The van der Waals surface area contributed by atoms with Crippen molar-refractivity contribution in [3.05, 3.63) is 0 Å². The first kappa shape index (κ1) is 11.8. The van der Waals surface area contributed by atoms with E-state index >= 15 is 0 Å². The molecule has 0 aromatic carbocycles. The fourth-order valence-electron chi connectivity index (χ4n) is 2.14. The van der Waals surface area contributed by atoms with Crippen LogP contribution in [0.3, 0.4) is 0 Å². The maximum atomic E-state index is 12.4. The number of thiocarbonyl (C=S) groups is 1. The Kier molecular flexibility index (Phi) is 2.95. The van der Waals surface area contributed by atoms with Crippen molar-refractivity contribution >= 4 is 23.1 Å². The van der Waals surface area contributed by atoms with Crippen molar-refractivity contribution in [2.75, 3.05) is 6.54 Å². The third kappa shape index (κ3) is 2.08. The van der Waals surface area contributed by atoms with Crippen LogP contribution in [0.15, 0.2) is 0 Å². The molecule has 0 radical (unpaired) electrons. The standard InChI is InChI=1S/C12H20N2OS/c1-8(2)7-14(9-3-4-9)11(15)12(5-6-12)10(13)16/h8-9H,3-7H2,1-2H3,(H2,13,16). The Hall–Kier alpha value is -0.640. The van der Waals surface area contributed by atoms with E-state index in [-0.39, 0.29) is 5.91 Å². The lowest BCUT2D eigenvalue weighted by Crippen LogP contribution is -2.45. The predicted octanol–water partition coefficient (Wildman–Crippen LogP) is 1.70.